The largest absolute Gasteiger partial charge is 0.334 e. The Bertz CT molecular complexity index is 1490. The molecule has 1 saturated carbocycles. The Labute approximate surface area is 204 Å². The second-order valence-corrected chi connectivity index (χ2v) is 10.3. The summed E-state index contributed by atoms with van der Waals surface area (Å²) in [5.41, 5.74) is 3.10. The molecule has 2 unspecified atom stereocenters. The summed E-state index contributed by atoms with van der Waals surface area (Å²) in [6.07, 6.45) is 3.58. The minimum atomic E-state index is -0.544. The van der Waals surface area contributed by atoms with Gasteiger partial charge in [-0.15, -0.1) is 11.3 Å². The van der Waals surface area contributed by atoms with Crippen molar-refractivity contribution in [3.05, 3.63) is 73.6 Å². The molecule has 2 bridgehead atoms. The molecule has 35 heavy (non-hydrogen) atoms. The Morgan fingerprint density at radius 1 is 1.17 bits per heavy atom. The molecule has 3 aromatic heterocycles. The maximum atomic E-state index is 14.6. The molecule has 4 aromatic rings. The van der Waals surface area contributed by atoms with Crippen LogP contribution in [0.1, 0.15) is 56.9 Å². The van der Waals surface area contributed by atoms with E-state index in [0.717, 1.165) is 5.69 Å². The predicted octanol–water partition coefficient (Wildman–Crippen LogP) is 5.04. The van der Waals surface area contributed by atoms with E-state index in [1.54, 1.807) is 16.8 Å². The smallest absolute Gasteiger partial charge is 0.287 e. The van der Waals surface area contributed by atoms with Crippen LogP contribution in [-0.4, -0.2) is 25.9 Å². The zero-order chi connectivity index (χ0) is 24.3. The van der Waals surface area contributed by atoms with Crippen LogP contribution in [0.2, 0.25) is 0 Å². The van der Waals surface area contributed by atoms with Crippen LogP contribution >= 0.6 is 11.3 Å². The van der Waals surface area contributed by atoms with Crippen LogP contribution in [-0.2, 0) is 7.05 Å². The third kappa shape index (κ3) is 3.83. The summed E-state index contributed by atoms with van der Waals surface area (Å²) in [4.78, 5) is 27.2. The first kappa shape index (κ1) is 21.7. The standard InChI is InChI=1S/C25H23FN6O2S/c1-12-7-22(31-32(12)2)27-20-11-18(29-30-24(20)33)14-5-6-17(26)19(9-14)28-25(34)21-10-16-13-3-4-15(8-13)23(16)35-21/h5-7,9-11,13,15H,3-4,8H2,1-2H3,(H,28,34)(H,30,33)(H,27,29,31). The highest BCUT2D eigenvalue weighted by Gasteiger charge is 2.39. The Morgan fingerprint density at radius 3 is 2.77 bits per heavy atom. The molecule has 1 amide bonds. The van der Waals surface area contributed by atoms with Gasteiger partial charge < -0.3 is 10.6 Å². The number of amides is 1. The van der Waals surface area contributed by atoms with Crippen LogP contribution in [0.4, 0.5) is 21.6 Å². The number of aryl methyl sites for hydroxylation is 2. The molecule has 10 heteroatoms. The summed E-state index contributed by atoms with van der Waals surface area (Å²) in [6.45, 7) is 1.91. The molecule has 1 fully saturated rings. The van der Waals surface area contributed by atoms with E-state index in [2.05, 4.69) is 25.9 Å². The number of H-pyrrole nitrogens is 1. The van der Waals surface area contributed by atoms with Gasteiger partial charge in [0.25, 0.3) is 11.5 Å². The highest BCUT2D eigenvalue weighted by molar-refractivity contribution is 7.14. The van der Waals surface area contributed by atoms with E-state index in [9.17, 15) is 14.0 Å². The van der Waals surface area contributed by atoms with Gasteiger partial charge >= 0.3 is 0 Å². The van der Waals surface area contributed by atoms with E-state index in [4.69, 9.17) is 0 Å². The van der Waals surface area contributed by atoms with Crippen molar-refractivity contribution in [1.82, 2.24) is 20.0 Å². The molecular weight excluding hydrogens is 467 g/mol. The number of aromatic amines is 1. The Morgan fingerprint density at radius 2 is 2.00 bits per heavy atom. The zero-order valence-electron chi connectivity index (χ0n) is 19.2. The minimum Gasteiger partial charge on any atom is -0.334 e. The van der Waals surface area contributed by atoms with Crippen LogP contribution in [0.15, 0.2) is 41.2 Å². The first-order chi connectivity index (χ1) is 16.9. The fourth-order valence-corrected chi connectivity index (χ4v) is 6.33. The number of anilines is 3. The minimum absolute atomic E-state index is 0.0619. The van der Waals surface area contributed by atoms with Crippen molar-refractivity contribution in [2.45, 2.75) is 38.0 Å². The van der Waals surface area contributed by atoms with Gasteiger partial charge in [0.15, 0.2) is 5.82 Å². The molecule has 178 valence electrons. The molecule has 3 N–H and O–H groups in total. The van der Waals surface area contributed by atoms with Crippen molar-refractivity contribution in [3.63, 3.8) is 0 Å². The predicted molar refractivity (Wildman–Crippen MR) is 133 cm³/mol. The summed E-state index contributed by atoms with van der Waals surface area (Å²) >= 11 is 1.52. The molecule has 6 rings (SSSR count). The first-order valence-electron chi connectivity index (χ1n) is 11.5. The third-order valence-electron chi connectivity index (χ3n) is 6.95. The molecule has 2 atom stereocenters. The van der Waals surface area contributed by atoms with E-state index in [1.165, 1.54) is 53.2 Å². The van der Waals surface area contributed by atoms with Gasteiger partial charge in [0.2, 0.25) is 0 Å². The average molecular weight is 491 g/mol. The van der Waals surface area contributed by atoms with Crippen LogP contribution in [0.3, 0.4) is 0 Å². The number of hydrogen-bond acceptors (Lipinski definition) is 6. The topological polar surface area (TPSA) is 105 Å². The van der Waals surface area contributed by atoms with E-state index < -0.39 is 11.4 Å². The lowest BCUT2D eigenvalue weighted by Crippen LogP contribution is -2.14. The van der Waals surface area contributed by atoms with Crippen molar-refractivity contribution in [2.24, 2.45) is 7.05 Å². The van der Waals surface area contributed by atoms with Gasteiger partial charge in [-0.2, -0.15) is 10.2 Å². The number of nitrogens with zero attached hydrogens (tertiary/aromatic N) is 3. The number of benzene rings is 1. The van der Waals surface area contributed by atoms with Crippen molar-refractivity contribution >= 4 is 34.4 Å². The summed E-state index contributed by atoms with van der Waals surface area (Å²) in [5, 5.41) is 16.6. The Kier molecular flexibility index (Phi) is 5.06. The van der Waals surface area contributed by atoms with Crippen molar-refractivity contribution in [2.75, 3.05) is 10.6 Å². The van der Waals surface area contributed by atoms with Crippen LogP contribution in [0, 0.1) is 12.7 Å². The van der Waals surface area contributed by atoms with Crippen molar-refractivity contribution < 1.29 is 9.18 Å². The Hall–Kier alpha value is -3.79. The number of thiophene rings is 1. The summed E-state index contributed by atoms with van der Waals surface area (Å²) < 4.78 is 16.3. The van der Waals surface area contributed by atoms with Crippen LogP contribution in [0.25, 0.3) is 11.3 Å². The number of aromatic nitrogens is 4. The highest BCUT2D eigenvalue weighted by atomic mass is 32.1. The van der Waals surface area contributed by atoms with Crippen molar-refractivity contribution in [1.29, 1.82) is 0 Å². The average Bonchev–Trinajstić information content (AvgIpc) is 3.60. The second kappa shape index (κ2) is 8.16. The maximum absolute atomic E-state index is 14.6. The van der Waals surface area contributed by atoms with Gasteiger partial charge in [0.1, 0.15) is 11.5 Å². The first-order valence-corrected chi connectivity index (χ1v) is 12.3. The molecule has 0 aliphatic heterocycles. The van der Waals surface area contributed by atoms with Gasteiger partial charge in [0.05, 0.1) is 16.3 Å². The number of halogens is 1. The fourth-order valence-electron chi connectivity index (χ4n) is 5.04. The summed E-state index contributed by atoms with van der Waals surface area (Å²) in [6, 6.07) is 9.72. The lowest BCUT2D eigenvalue weighted by molar-refractivity contribution is 0.103. The lowest BCUT2D eigenvalue weighted by Gasteiger charge is -2.09. The molecule has 0 radical (unpaired) electrons. The van der Waals surface area contributed by atoms with Gasteiger partial charge in [-0.1, -0.05) is 0 Å². The molecule has 1 aromatic carbocycles. The normalized spacial score (nSPS) is 18.0. The van der Waals surface area contributed by atoms with E-state index >= 15 is 0 Å². The molecule has 2 aliphatic rings. The molecule has 2 aliphatic carbocycles. The van der Waals surface area contributed by atoms with E-state index in [-0.39, 0.29) is 17.3 Å². The summed E-state index contributed by atoms with van der Waals surface area (Å²) in [5.74, 6) is 0.804. The Balaban J connectivity index is 1.26. The molecular formula is C25H23FN6O2S. The third-order valence-corrected chi connectivity index (χ3v) is 8.26. The van der Waals surface area contributed by atoms with Crippen LogP contribution < -0.4 is 16.2 Å². The number of nitrogens with one attached hydrogen (secondary N) is 3. The monoisotopic (exact) mass is 490 g/mol. The van der Waals surface area contributed by atoms with E-state index in [1.807, 2.05) is 26.1 Å². The van der Waals surface area contributed by atoms with E-state index in [0.29, 0.717) is 33.8 Å². The zero-order valence-corrected chi connectivity index (χ0v) is 20.0. The molecule has 0 saturated heterocycles. The quantitative estimate of drug-likeness (QED) is 0.364. The van der Waals surface area contributed by atoms with Crippen molar-refractivity contribution in [3.8, 4) is 11.3 Å². The van der Waals surface area contributed by atoms with Gasteiger partial charge in [-0.25, -0.2) is 9.49 Å². The fraction of sp³-hybridized carbons (Fsp3) is 0.280. The van der Waals surface area contributed by atoms with Gasteiger partial charge in [-0.05, 0) is 73.9 Å². The summed E-state index contributed by atoms with van der Waals surface area (Å²) in [7, 11) is 1.81. The lowest BCUT2D eigenvalue weighted by atomic mass is 9.99. The number of hydrogen-bond donors (Lipinski definition) is 3. The SMILES string of the molecule is Cc1cc(Nc2cc(-c3ccc(F)c(NC(=O)c4cc5c(s4)C4CCC5C4)c3)n[nH]c2=O)nn1C. The number of carbonyl (C=O) groups excluding carboxylic acids is 1. The molecule has 8 nitrogen and oxygen atoms in total. The highest BCUT2D eigenvalue weighted by Crippen LogP contribution is 2.55. The second-order valence-electron chi connectivity index (χ2n) is 9.20. The molecule has 0 spiro atoms. The molecule has 3 heterocycles. The van der Waals surface area contributed by atoms with Gasteiger partial charge in [-0.3, -0.25) is 14.3 Å². The number of fused-ring (bicyclic) bond motifs is 5. The van der Waals surface area contributed by atoms with Crippen LogP contribution in [0.5, 0.6) is 0 Å². The number of rotatable bonds is 5. The number of carbonyl (C=O) groups is 1. The maximum Gasteiger partial charge on any atom is 0.287 e. The van der Waals surface area contributed by atoms with Gasteiger partial charge in [0, 0.05) is 29.2 Å².